The number of carbonyl (C=O) groups excluding carboxylic acids is 1. The Balaban J connectivity index is 1.31. The highest BCUT2D eigenvalue weighted by Crippen LogP contribution is 2.39. The molecule has 10 nitrogen and oxygen atoms in total. The third-order valence-electron chi connectivity index (χ3n) is 6.83. The van der Waals surface area contributed by atoms with E-state index in [1.807, 2.05) is 54.2 Å². The molecule has 2 aromatic carbocycles. The van der Waals surface area contributed by atoms with Crippen LogP contribution in [0.4, 0.5) is 11.5 Å². The number of methoxy groups -OCH3 is 1. The lowest BCUT2D eigenvalue weighted by Gasteiger charge is -2.17. The Labute approximate surface area is 231 Å². The summed E-state index contributed by atoms with van der Waals surface area (Å²) in [5, 5.41) is 14.3. The lowest BCUT2D eigenvalue weighted by molar-refractivity contribution is 0.102. The van der Waals surface area contributed by atoms with Gasteiger partial charge in [0, 0.05) is 31.3 Å². The smallest absolute Gasteiger partial charge is 0.266 e. The first-order valence-electron chi connectivity index (χ1n) is 13.1. The molecule has 0 bridgehead atoms. The van der Waals surface area contributed by atoms with Gasteiger partial charge in [-0.2, -0.15) is 0 Å². The Morgan fingerprint density at radius 1 is 1.10 bits per heavy atom. The molecule has 5 aromatic rings. The number of rotatable bonds is 9. The molecule has 3 aromatic heterocycles. The second-order valence-corrected chi connectivity index (χ2v) is 9.85. The average Bonchev–Trinajstić information content (AvgIpc) is 3.54. The van der Waals surface area contributed by atoms with E-state index in [1.54, 1.807) is 32.2 Å². The van der Waals surface area contributed by atoms with Gasteiger partial charge in [0.15, 0.2) is 0 Å². The van der Waals surface area contributed by atoms with Gasteiger partial charge < -0.3 is 24.4 Å². The quantitative estimate of drug-likeness (QED) is 0.247. The molecular formula is C30H29N7O3. The lowest BCUT2D eigenvalue weighted by atomic mass is 10.1. The van der Waals surface area contributed by atoms with Gasteiger partial charge in [0.2, 0.25) is 5.89 Å². The molecule has 1 aliphatic rings. The standard InChI is InChI=1S/C30H29N7O3/c1-18-13-25(31-15-20-7-11-22(39-3)12-8-20)23(14-27(18)37-16-26(32-17-37)21-9-10-21)29(38)34-28-6-4-5-24(33-28)30-36-35-19(2)40-30/h4-8,11-14,16-17,21,31H,9-10,15H2,1-3H3,(H,33,34,38). The summed E-state index contributed by atoms with van der Waals surface area (Å²) in [6.07, 6.45) is 6.23. The molecule has 1 saturated carbocycles. The van der Waals surface area contributed by atoms with Crippen molar-refractivity contribution in [1.82, 2.24) is 24.7 Å². The number of nitrogens with one attached hydrogen (secondary N) is 2. The van der Waals surface area contributed by atoms with Crippen molar-refractivity contribution in [2.24, 2.45) is 0 Å². The highest BCUT2D eigenvalue weighted by molar-refractivity contribution is 6.08. The van der Waals surface area contributed by atoms with Crippen LogP contribution in [0.1, 0.15) is 51.8 Å². The van der Waals surface area contributed by atoms with Gasteiger partial charge >= 0.3 is 0 Å². The molecule has 10 heteroatoms. The molecule has 0 saturated heterocycles. The summed E-state index contributed by atoms with van der Waals surface area (Å²) in [4.78, 5) is 22.8. The third kappa shape index (κ3) is 5.42. The topological polar surface area (TPSA) is 120 Å². The summed E-state index contributed by atoms with van der Waals surface area (Å²) < 4.78 is 12.8. The van der Waals surface area contributed by atoms with E-state index in [-0.39, 0.29) is 5.91 Å². The monoisotopic (exact) mass is 535 g/mol. The van der Waals surface area contributed by atoms with E-state index in [0.717, 1.165) is 28.3 Å². The first kappa shape index (κ1) is 25.3. The van der Waals surface area contributed by atoms with Crippen LogP contribution in [0, 0.1) is 13.8 Å². The van der Waals surface area contributed by atoms with Crippen molar-refractivity contribution in [3.8, 4) is 23.0 Å². The number of carbonyl (C=O) groups is 1. The van der Waals surface area contributed by atoms with Crippen LogP contribution in [0.25, 0.3) is 17.3 Å². The Kier molecular flexibility index (Phi) is 6.73. The summed E-state index contributed by atoms with van der Waals surface area (Å²) >= 11 is 0. The van der Waals surface area contributed by atoms with Gasteiger partial charge in [0.25, 0.3) is 11.8 Å². The first-order chi connectivity index (χ1) is 19.5. The molecule has 0 radical (unpaired) electrons. The van der Waals surface area contributed by atoms with Gasteiger partial charge in [-0.3, -0.25) is 4.79 Å². The van der Waals surface area contributed by atoms with Crippen LogP contribution in [0.2, 0.25) is 0 Å². The molecule has 6 rings (SSSR count). The summed E-state index contributed by atoms with van der Waals surface area (Å²) in [6.45, 7) is 4.28. The van der Waals surface area contributed by atoms with Crippen LogP contribution < -0.4 is 15.4 Å². The predicted molar refractivity (Wildman–Crippen MR) is 151 cm³/mol. The van der Waals surface area contributed by atoms with Gasteiger partial charge in [-0.1, -0.05) is 18.2 Å². The number of anilines is 2. The van der Waals surface area contributed by atoms with Crippen molar-refractivity contribution >= 4 is 17.4 Å². The number of benzene rings is 2. The Bertz CT molecular complexity index is 1670. The molecule has 40 heavy (non-hydrogen) atoms. The largest absolute Gasteiger partial charge is 0.497 e. The fourth-order valence-electron chi connectivity index (χ4n) is 4.52. The van der Waals surface area contributed by atoms with Crippen LogP contribution in [0.15, 0.2) is 71.5 Å². The normalized spacial score (nSPS) is 12.8. The maximum Gasteiger partial charge on any atom is 0.266 e. The van der Waals surface area contributed by atoms with Crippen molar-refractivity contribution in [3.05, 3.63) is 95.4 Å². The van der Waals surface area contributed by atoms with E-state index in [2.05, 4.69) is 37.0 Å². The molecule has 1 fully saturated rings. The minimum atomic E-state index is -0.299. The molecule has 1 aliphatic carbocycles. The van der Waals surface area contributed by atoms with Gasteiger partial charge in [0.05, 0.1) is 30.4 Å². The minimum Gasteiger partial charge on any atom is -0.497 e. The zero-order valence-corrected chi connectivity index (χ0v) is 22.5. The maximum absolute atomic E-state index is 13.7. The van der Waals surface area contributed by atoms with Crippen LogP contribution in [0.5, 0.6) is 5.75 Å². The van der Waals surface area contributed by atoms with E-state index >= 15 is 0 Å². The number of ether oxygens (including phenoxy) is 1. The predicted octanol–water partition coefficient (Wildman–Crippen LogP) is 5.68. The molecule has 2 N–H and O–H groups in total. The Morgan fingerprint density at radius 3 is 2.65 bits per heavy atom. The van der Waals surface area contributed by atoms with E-state index in [0.29, 0.717) is 47.0 Å². The highest BCUT2D eigenvalue weighted by Gasteiger charge is 2.26. The summed E-state index contributed by atoms with van der Waals surface area (Å²) in [5.74, 6) is 2.14. The summed E-state index contributed by atoms with van der Waals surface area (Å²) in [7, 11) is 1.64. The zero-order chi connectivity index (χ0) is 27.6. The molecule has 0 aliphatic heterocycles. The second-order valence-electron chi connectivity index (χ2n) is 9.85. The highest BCUT2D eigenvalue weighted by atomic mass is 16.5. The van der Waals surface area contributed by atoms with Gasteiger partial charge in [-0.05, 0) is 67.3 Å². The van der Waals surface area contributed by atoms with Crippen molar-refractivity contribution in [3.63, 3.8) is 0 Å². The number of pyridine rings is 1. The average molecular weight is 536 g/mol. The number of imidazole rings is 1. The van der Waals surface area contributed by atoms with Crippen LogP contribution >= 0.6 is 0 Å². The van der Waals surface area contributed by atoms with E-state index in [1.165, 1.54) is 12.8 Å². The van der Waals surface area contributed by atoms with Crippen LogP contribution in [-0.2, 0) is 6.54 Å². The van der Waals surface area contributed by atoms with Crippen molar-refractivity contribution in [1.29, 1.82) is 0 Å². The minimum absolute atomic E-state index is 0.291. The Hall–Kier alpha value is -4.99. The fraction of sp³-hybridized carbons (Fsp3) is 0.233. The summed E-state index contributed by atoms with van der Waals surface area (Å²) in [6, 6.07) is 17.0. The maximum atomic E-state index is 13.7. The van der Waals surface area contributed by atoms with Crippen LogP contribution in [-0.4, -0.2) is 37.7 Å². The van der Waals surface area contributed by atoms with E-state index in [4.69, 9.17) is 9.15 Å². The molecular weight excluding hydrogens is 506 g/mol. The summed E-state index contributed by atoms with van der Waals surface area (Å²) in [5.41, 5.74) is 5.72. The number of amides is 1. The number of aryl methyl sites for hydroxylation is 2. The van der Waals surface area contributed by atoms with Crippen molar-refractivity contribution in [2.75, 3.05) is 17.7 Å². The van der Waals surface area contributed by atoms with Crippen molar-refractivity contribution < 1.29 is 13.9 Å². The SMILES string of the molecule is COc1ccc(CNc2cc(C)c(-n3cnc(C4CC4)c3)cc2C(=O)Nc2cccc(-c3nnc(C)o3)n2)cc1. The van der Waals surface area contributed by atoms with Gasteiger partial charge in [0.1, 0.15) is 17.3 Å². The van der Waals surface area contributed by atoms with E-state index in [9.17, 15) is 4.79 Å². The number of hydrogen-bond donors (Lipinski definition) is 2. The number of hydrogen-bond acceptors (Lipinski definition) is 8. The Morgan fingerprint density at radius 2 is 1.93 bits per heavy atom. The number of nitrogens with zero attached hydrogens (tertiary/aromatic N) is 5. The van der Waals surface area contributed by atoms with Crippen LogP contribution in [0.3, 0.4) is 0 Å². The van der Waals surface area contributed by atoms with Crippen molar-refractivity contribution in [2.45, 2.75) is 39.2 Å². The third-order valence-corrected chi connectivity index (χ3v) is 6.83. The molecule has 0 atom stereocenters. The molecule has 202 valence electrons. The zero-order valence-electron chi connectivity index (χ0n) is 22.5. The molecule has 0 spiro atoms. The molecule has 3 heterocycles. The molecule has 1 amide bonds. The van der Waals surface area contributed by atoms with Gasteiger partial charge in [-0.25, -0.2) is 9.97 Å². The lowest BCUT2D eigenvalue weighted by Crippen LogP contribution is -2.17. The fourth-order valence-corrected chi connectivity index (χ4v) is 4.52. The second kappa shape index (κ2) is 10.6. The first-order valence-corrected chi connectivity index (χ1v) is 13.1. The number of aromatic nitrogens is 5. The molecule has 0 unspecified atom stereocenters. The van der Waals surface area contributed by atoms with Gasteiger partial charge in [-0.15, -0.1) is 10.2 Å². The van der Waals surface area contributed by atoms with E-state index < -0.39 is 0 Å².